The number of alkyl halides is 1. The van der Waals surface area contributed by atoms with Gasteiger partial charge in [-0.05, 0) is 17.7 Å². The van der Waals surface area contributed by atoms with E-state index in [0.29, 0.717) is 17.9 Å². The van der Waals surface area contributed by atoms with E-state index in [0.717, 1.165) is 53.7 Å². The van der Waals surface area contributed by atoms with Crippen LogP contribution in [0.2, 0.25) is 0 Å². The summed E-state index contributed by atoms with van der Waals surface area (Å²) in [5.41, 5.74) is 3.12. The maximum absolute atomic E-state index is 12.8. The van der Waals surface area contributed by atoms with Gasteiger partial charge in [0.15, 0.2) is 11.5 Å². The molecule has 1 heterocycles. The molecule has 0 aliphatic carbocycles. The number of rotatable bonds is 14. The topological polar surface area (TPSA) is 69.3 Å². The van der Waals surface area contributed by atoms with E-state index in [-0.39, 0.29) is 25.7 Å². The second-order valence-corrected chi connectivity index (χ2v) is 9.95. The van der Waals surface area contributed by atoms with Gasteiger partial charge in [0.05, 0.1) is 14.2 Å². The van der Waals surface area contributed by atoms with Crippen molar-refractivity contribution in [2.75, 3.05) is 60.3 Å². The number of methoxy groups -OCH3 is 2. The number of benzene rings is 2. The number of hydrogen-bond donors (Lipinski definition) is 1. The predicted octanol–water partition coefficient (Wildman–Crippen LogP) is 2.81. The minimum absolute atomic E-state index is 0.0553. The molecule has 192 valence electrons. The number of halogens is 1. The van der Waals surface area contributed by atoms with Crippen LogP contribution in [0.4, 0.5) is 4.39 Å². The molecule has 1 aliphatic heterocycles. The fourth-order valence-electron chi connectivity index (χ4n) is 4.06. The second-order valence-electron chi connectivity index (χ2n) is 8.26. The normalized spacial score (nSPS) is 13.3. The fourth-order valence-corrected chi connectivity index (χ4v) is 4.73. The Hall–Kier alpha value is -1.96. The van der Waals surface area contributed by atoms with E-state index in [1.807, 2.05) is 12.1 Å². The number of carbonyl (C=O) groups is 1. The zero-order valence-corrected chi connectivity index (χ0v) is 23.3. The molecule has 35 heavy (non-hydrogen) atoms. The van der Waals surface area contributed by atoms with Crippen LogP contribution in [0.1, 0.15) is 34.3 Å². The third kappa shape index (κ3) is 8.30. The van der Waals surface area contributed by atoms with E-state index in [4.69, 9.17) is 18.9 Å². The average molecular weight is 685 g/mol. The second kappa shape index (κ2) is 14.6. The summed E-state index contributed by atoms with van der Waals surface area (Å²) in [6.45, 7) is 3.57. The molecule has 0 unspecified atom stereocenters. The van der Waals surface area contributed by atoms with E-state index in [2.05, 4.69) is 22.3 Å². The zero-order chi connectivity index (χ0) is 25.0. The summed E-state index contributed by atoms with van der Waals surface area (Å²) in [5, 5.41) is 3.02. The van der Waals surface area contributed by atoms with E-state index in [9.17, 15) is 9.18 Å². The third-order valence-electron chi connectivity index (χ3n) is 5.88. The van der Waals surface area contributed by atoms with Crippen LogP contribution in [0, 0.1) is 24.7 Å². The summed E-state index contributed by atoms with van der Waals surface area (Å²) in [4.78, 5) is 15.2. The Kier molecular flexibility index (Phi) is 11.5. The number of nitrogens with one attached hydrogen (secondary N) is 1. The van der Waals surface area contributed by atoms with Crippen molar-refractivity contribution in [1.82, 2.24) is 10.2 Å². The molecule has 1 N–H and O–H groups in total. The first-order valence-electron chi connectivity index (χ1n) is 11.9. The van der Waals surface area contributed by atoms with Crippen LogP contribution in [0.3, 0.4) is 0 Å². The summed E-state index contributed by atoms with van der Waals surface area (Å²) in [7, 11) is 3.33. The van der Waals surface area contributed by atoms with Gasteiger partial charge in [-0.3, -0.25) is 0 Å². The predicted molar refractivity (Wildman–Crippen MR) is 128 cm³/mol. The molecule has 0 saturated heterocycles. The van der Waals surface area contributed by atoms with Crippen LogP contribution in [-0.2, 0) is 17.7 Å². The van der Waals surface area contributed by atoms with Crippen LogP contribution in [-0.4, -0.2) is 71.2 Å². The first-order valence-corrected chi connectivity index (χ1v) is 13.3. The standard InChI is InChI=1S/C26H34AtFN2O5/c1-32-24-15-19-7-11-30(18-20(19)16-25(24)33-2)10-4-3-9-29-26(31)22-17-21(27)5-6-23(22)35-14-13-34-12-8-28/h5-6,15-17H,3-4,7-14,18H2,1-2H3,(H,29,31)/i27+1. The Morgan fingerprint density at radius 1 is 1.03 bits per heavy atom. The van der Waals surface area contributed by atoms with Crippen LogP contribution < -0.4 is 22.8 Å². The molecule has 0 bridgehead atoms. The van der Waals surface area contributed by atoms with E-state index < -0.39 is 6.67 Å². The summed E-state index contributed by atoms with van der Waals surface area (Å²) in [6, 6.07) is 9.74. The molecule has 1 aliphatic rings. The van der Waals surface area contributed by atoms with Gasteiger partial charge in [-0.2, -0.15) is 0 Å². The SMILES string of the molecule is COc1cc2c(cc1OC)CN(CCCCNC(=O)c1cc([211At])ccc1OCCOCCF)CC2. The van der Waals surface area contributed by atoms with Crippen LogP contribution in [0.5, 0.6) is 17.2 Å². The average Bonchev–Trinajstić information content (AvgIpc) is 2.87. The van der Waals surface area contributed by atoms with Crippen molar-refractivity contribution >= 4 is 9.18 Å². The van der Waals surface area contributed by atoms with Crippen LogP contribution in [0.15, 0.2) is 30.3 Å². The van der Waals surface area contributed by atoms with Gasteiger partial charge < -0.3 is 9.47 Å². The zero-order valence-electron chi connectivity index (χ0n) is 20.4. The van der Waals surface area contributed by atoms with Crippen molar-refractivity contribution in [3.8, 4) is 17.2 Å². The van der Waals surface area contributed by atoms with Gasteiger partial charge in [-0.15, -0.1) is 0 Å². The van der Waals surface area contributed by atoms with Gasteiger partial charge in [-0.1, -0.05) is 0 Å². The van der Waals surface area contributed by atoms with E-state index in [1.54, 1.807) is 20.3 Å². The van der Waals surface area contributed by atoms with Crippen molar-refractivity contribution in [2.45, 2.75) is 25.8 Å². The number of unbranched alkanes of at least 4 members (excludes halogenated alkanes) is 1. The Morgan fingerprint density at radius 2 is 1.80 bits per heavy atom. The molecule has 0 spiro atoms. The molecule has 0 saturated carbocycles. The molecular formula is C26H34AtFN2O5. The van der Waals surface area contributed by atoms with Crippen molar-refractivity contribution in [1.29, 1.82) is 0 Å². The summed E-state index contributed by atoms with van der Waals surface area (Å²) in [6.07, 6.45) is 2.88. The Balaban J connectivity index is 1.42. The van der Waals surface area contributed by atoms with Crippen LogP contribution >= 0.6 is 0 Å². The van der Waals surface area contributed by atoms with Gasteiger partial charge in [0.25, 0.3) is 0 Å². The van der Waals surface area contributed by atoms with Gasteiger partial charge in [0, 0.05) is 0 Å². The Morgan fingerprint density at radius 3 is 2.54 bits per heavy atom. The molecule has 0 atom stereocenters. The Bertz CT molecular complexity index is 975. The molecule has 1 amide bonds. The molecule has 0 radical (unpaired) electrons. The number of ether oxygens (including phenoxy) is 4. The van der Waals surface area contributed by atoms with Gasteiger partial charge in [0.1, 0.15) is 0 Å². The molecule has 7 nitrogen and oxygen atoms in total. The monoisotopic (exact) mass is 684 g/mol. The number of amides is 1. The number of fused-ring (bicyclic) bond motifs is 1. The summed E-state index contributed by atoms with van der Waals surface area (Å²) in [5.74, 6) is 1.92. The minimum atomic E-state index is -0.519. The van der Waals surface area contributed by atoms with Gasteiger partial charge in [-0.25, -0.2) is 0 Å². The van der Waals surface area contributed by atoms with Crippen molar-refractivity contribution in [2.24, 2.45) is 0 Å². The molecule has 0 aromatic heterocycles. The molecule has 0 fully saturated rings. The first-order chi connectivity index (χ1) is 17.0. The van der Waals surface area contributed by atoms with Crippen molar-refractivity contribution in [3.63, 3.8) is 0 Å². The van der Waals surface area contributed by atoms with Gasteiger partial charge in [0.2, 0.25) is 0 Å². The van der Waals surface area contributed by atoms with Gasteiger partial charge >= 0.3 is 170 Å². The maximum atomic E-state index is 12.8. The molecular weight excluding hydrogens is 650 g/mol. The molecule has 9 heteroatoms. The number of carbonyl (C=O) groups excluding carboxylic acids is 1. The number of nitrogens with zero attached hydrogens (tertiary/aromatic N) is 1. The van der Waals surface area contributed by atoms with Crippen LogP contribution in [0.25, 0.3) is 0 Å². The van der Waals surface area contributed by atoms with Crippen molar-refractivity contribution < 1.29 is 52.9 Å². The van der Waals surface area contributed by atoms with E-state index >= 15 is 0 Å². The molecule has 2 aromatic rings. The number of hydrogen-bond acceptors (Lipinski definition) is 6. The van der Waals surface area contributed by atoms with Crippen molar-refractivity contribution in [3.05, 3.63) is 47.0 Å². The molecule has 2 aromatic carbocycles. The quantitative estimate of drug-likeness (QED) is 0.309. The summed E-state index contributed by atoms with van der Waals surface area (Å²) < 4.78 is 34.8. The summed E-state index contributed by atoms with van der Waals surface area (Å²) >= 11 is 1.50. The molecule has 3 rings (SSSR count). The third-order valence-corrected chi connectivity index (χ3v) is 6.79. The fraction of sp³-hybridized carbons (Fsp3) is 0.500. The Labute approximate surface area is 222 Å². The first kappa shape index (κ1) is 27.6. The van der Waals surface area contributed by atoms with E-state index in [1.165, 1.54) is 35.8 Å².